The topological polar surface area (TPSA) is 133 Å². The van der Waals surface area contributed by atoms with E-state index in [1.54, 1.807) is 49.9 Å². The molecule has 2 aliphatic rings. The Labute approximate surface area is 275 Å². The Morgan fingerprint density at radius 2 is 1.54 bits per heavy atom. The number of aliphatic imine (C=N–C) groups is 1. The monoisotopic (exact) mass is 662 g/mol. The van der Waals surface area contributed by atoms with Crippen LogP contribution in [0.3, 0.4) is 0 Å². The average molecular weight is 663 g/mol. The van der Waals surface area contributed by atoms with E-state index in [1.807, 2.05) is 11.9 Å². The van der Waals surface area contributed by atoms with Gasteiger partial charge in [-0.15, -0.1) is 4.40 Å². The summed E-state index contributed by atoms with van der Waals surface area (Å²) in [5, 5.41) is 0. The summed E-state index contributed by atoms with van der Waals surface area (Å²) in [6.45, 7) is 13.7. The summed E-state index contributed by atoms with van der Waals surface area (Å²) >= 11 is 0. The van der Waals surface area contributed by atoms with Gasteiger partial charge in [-0.05, 0) is 58.4 Å². The summed E-state index contributed by atoms with van der Waals surface area (Å²) in [6.07, 6.45) is 8.00. The molecule has 258 valence electrons. The molecule has 1 aromatic rings. The van der Waals surface area contributed by atoms with Gasteiger partial charge in [0.15, 0.2) is 17.7 Å². The first-order valence-corrected chi connectivity index (χ1v) is 18.2. The highest BCUT2D eigenvalue weighted by Crippen LogP contribution is 2.20. The third-order valence-electron chi connectivity index (χ3n) is 7.79. The highest BCUT2D eigenvalue weighted by atomic mass is 32.2. The van der Waals surface area contributed by atoms with Crippen molar-refractivity contribution in [2.24, 2.45) is 9.39 Å². The fourth-order valence-corrected chi connectivity index (χ4v) is 6.06. The van der Waals surface area contributed by atoms with Crippen molar-refractivity contribution in [2.45, 2.75) is 104 Å². The zero-order valence-corrected chi connectivity index (χ0v) is 29.4. The number of carbonyl (C=O) groups excluding carboxylic acids is 2. The first kappa shape index (κ1) is 37.3. The quantitative estimate of drug-likeness (QED) is 0.209. The van der Waals surface area contributed by atoms with Gasteiger partial charge in [0.1, 0.15) is 11.4 Å². The summed E-state index contributed by atoms with van der Waals surface area (Å²) in [5.41, 5.74) is -0.0250. The summed E-state index contributed by atoms with van der Waals surface area (Å²) in [5.74, 6) is 0.119. The second-order valence-electron chi connectivity index (χ2n) is 13.1. The predicted molar refractivity (Wildman–Crippen MR) is 182 cm³/mol. The number of amidine groups is 2. The average Bonchev–Trinajstić information content (AvgIpc) is 3.29. The van der Waals surface area contributed by atoms with E-state index in [1.165, 1.54) is 0 Å². The third kappa shape index (κ3) is 12.5. The molecule has 0 bridgehead atoms. The number of carbonyl (C=O) groups is 2. The molecule has 1 aromatic carbocycles. The van der Waals surface area contributed by atoms with E-state index in [0.717, 1.165) is 70.0 Å². The van der Waals surface area contributed by atoms with Gasteiger partial charge in [0.05, 0.1) is 0 Å². The Kier molecular flexibility index (Phi) is 14.3. The maximum Gasteiger partial charge on any atom is 0.415 e. The molecule has 2 heterocycles. The Morgan fingerprint density at radius 1 is 0.957 bits per heavy atom. The number of hydrogen-bond donors (Lipinski definition) is 1. The van der Waals surface area contributed by atoms with Crippen molar-refractivity contribution in [2.75, 3.05) is 46.3 Å². The van der Waals surface area contributed by atoms with Crippen LogP contribution in [0, 0.1) is 0 Å². The van der Waals surface area contributed by atoms with E-state index in [9.17, 15) is 18.0 Å². The predicted octanol–water partition coefficient (Wildman–Crippen LogP) is 4.79. The number of unbranched alkanes of at least 4 members (excludes halogenated alkanes) is 6. The number of nitrogens with one attached hydrogen (secondary N) is 1. The fourth-order valence-electron chi connectivity index (χ4n) is 5.20. The lowest BCUT2D eigenvalue weighted by Gasteiger charge is -2.31. The van der Waals surface area contributed by atoms with E-state index in [0.29, 0.717) is 31.9 Å². The number of rotatable bonds is 15. The van der Waals surface area contributed by atoms with Crippen molar-refractivity contribution in [3.8, 4) is 5.75 Å². The lowest BCUT2D eigenvalue weighted by atomic mass is 10.1. The minimum atomic E-state index is -4.01. The molecule has 0 spiro atoms. The Bertz CT molecular complexity index is 1290. The van der Waals surface area contributed by atoms with Crippen LogP contribution in [0.1, 0.15) is 91.5 Å². The second-order valence-corrected chi connectivity index (χ2v) is 14.5. The normalized spacial score (nSPS) is 18.2. The molecule has 0 aliphatic carbocycles. The van der Waals surface area contributed by atoms with Crippen LogP contribution in [-0.2, 0) is 26.2 Å². The number of ether oxygens (including phenoxy) is 2. The molecule has 0 aromatic heterocycles. The second kappa shape index (κ2) is 17.7. The summed E-state index contributed by atoms with van der Waals surface area (Å²) in [7, 11) is -1.99. The van der Waals surface area contributed by atoms with Crippen LogP contribution in [0.25, 0.3) is 0 Å². The molecular formula is C33H54N6O6S. The molecule has 0 saturated carbocycles. The van der Waals surface area contributed by atoms with Crippen molar-refractivity contribution >= 4 is 33.9 Å². The smallest absolute Gasteiger partial charge is 0.415 e. The minimum Gasteiger partial charge on any atom is -0.458 e. The van der Waals surface area contributed by atoms with Gasteiger partial charge in [-0.2, -0.15) is 8.42 Å². The molecule has 2 aliphatic heterocycles. The lowest BCUT2D eigenvalue weighted by molar-refractivity contribution is -0.156. The number of benzene rings is 1. The molecule has 1 atom stereocenters. The van der Waals surface area contributed by atoms with Crippen molar-refractivity contribution < 1.29 is 27.5 Å². The number of hydrogen-bond acceptors (Lipinski definition) is 9. The van der Waals surface area contributed by atoms with E-state index in [4.69, 9.17) is 9.47 Å². The molecule has 1 saturated heterocycles. The van der Waals surface area contributed by atoms with Crippen LogP contribution in [0.15, 0.2) is 33.7 Å². The molecule has 0 unspecified atom stereocenters. The van der Waals surface area contributed by atoms with Crippen LogP contribution in [-0.4, -0.2) is 105 Å². The van der Waals surface area contributed by atoms with Gasteiger partial charge >= 0.3 is 22.3 Å². The number of piperazine rings is 1. The molecular weight excluding hydrogens is 608 g/mol. The Balaban J connectivity index is 1.83. The lowest BCUT2D eigenvalue weighted by Crippen LogP contribution is -2.48. The summed E-state index contributed by atoms with van der Waals surface area (Å²) < 4.78 is 43.3. The number of esters is 1. The van der Waals surface area contributed by atoms with Crippen LogP contribution in [0.5, 0.6) is 5.75 Å². The maximum atomic E-state index is 13.4. The van der Waals surface area contributed by atoms with Gasteiger partial charge in [0, 0.05) is 45.7 Å². The van der Waals surface area contributed by atoms with E-state index >= 15 is 0 Å². The van der Waals surface area contributed by atoms with E-state index in [2.05, 4.69) is 32.9 Å². The first-order valence-electron chi connectivity index (χ1n) is 16.7. The number of likely N-dealkylation sites (N-methyl/N-ethyl adjacent to an activating group) is 1. The zero-order valence-electron chi connectivity index (χ0n) is 28.6. The molecule has 1 fully saturated rings. The standard InChI is InChI=1S/C33H54N6O6S/c1-7-9-11-13-19-38(20-14-12-10-8-2)30-29(35-46(42,43)36-30)34-28(31(40)45-33(3,4)5)25-26-15-17-27(18-16-26)44-32(41)39-23-21-37(6)22-24-39/h15-18,28H,7-14,19-25H2,1-6H3,(H,34,35)/t28-/m0/s1. The summed E-state index contributed by atoms with van der Waals surface area (Å²) in [4.78, 5) is 36.6. The van der Waals surface area contributed by atoms with Gasteiger partial charge in [-0.3, -0.25) is 0 Å². The minimum absolute atomic E-state index is 0.0552. The van der Waals surface area contributed by atoms with E-state index < -0.39 is 33.9 Å². The van der Waals surface area contributed by atoms with Gasteiger partial charge in [-0.25, -0.2) is 19.3 Å². The SMILES string of the molecule is CCCCCCN(CCCCCC)C1=NS(=O)(=O)NC1=N[C@@H](Cc1ccc(OC(=O)N2CCN(C)CC2)cc1)C(=O)OC(C)(C)C. The molecule has 0 radical (unpaired) electrons. The summed E-state index contributed by atoms with van der Waals surface area (Å²) in [6, 6.07) is 5.86. The number of nitrogens with zero attached hydrogens (tertiary/aromatic N) is 5. The van der Waals surface area contributed by atoms with Gasteiger partial charge in [-0.1, -0.05) is 64.5 Å². The van der Waals surface area contributed by atoms with Crippen molar-refractivity contribution in [3.63, 3.8) is 0 Å². The molecule has 1 amide bonds. The van der Waals surface area contributed by atoms with Crippen LogP contribution in [0.4, 0.5) is 4.79 Å². The largest absolute Gasteiger partial charge is 0.458 e. The molecule has 3 rings (SSSR count). The first-order chi connectivity index (χ1) is 21.8. The van der Waals surface area contributed by atoms with Gasteiger partial charge < -0.3 is 24.2 Å². The highest BCUT2D eigenvalue weighted by molar-refractivity contribution is 7.89. The van der Waals surface area contributed by atoms with Crippen LogP contribution >= 0.6 is 0 Å². The van der Waals surface area contributed by atoms with Gasteiger partial charge in [0.2, 0.25) is 0 Å². The molecule has 46 heavy (non-hydrogen) atoms. The van der Waals surface area contributed by atoms with Gasteiger partial charge in [0.25, 0.3) is 0 Å². The van der Waals surface area contributed by atoms with E-state index in [-0.39, 0.29) is 18.1 Å². The van der Waals surface area contributed by atoms with Crippen LogP contribution in [0.2, 0.25) is 0 Å². The van der Waals surface area contributed by atoms with Crippen molar-refractivity contribution in [1.82, 2.24) is 19.4 Å². The maximum absolute atomic E-state index is 13.4. The highest BCUT2D eigenvalue weighted by Gasteiger charge is 2.34. The van der Waals surface area contributed by atoms with Crippen molar-refractivity contribution in [3.05, 3.63) is 29.8 Å². The number of amides is 1. The molecule has 12 nitrogen and oxygen atoms in total. The molecule has 13 heteroatoms. The van der Waals surface area contributed by atoms with Crippen LogP contribution < -0.4 is 9.46 Å². The Morgan fingerprint density at radius 3 is 2.09 bits per heavy atom. The fraction of sp³-hybridized carbons (Fsp3) is 0.697. The molecule has 1 N–H and O–H groups in total. The third-order valence-corrected chi connectivity index (χ3v) is 8.65. The zero-order chi connectivity index (χ0) is 33.7. The van der Waals surface area contributed by atoms with Crippen molar-refractivity contribution in [1.29, 1.82) is 0 Å². The Hall–Kier alpha value is -3.19.